The van der Waals surface area contributed by atoms with Gasteiger partial charge >= 0.3 is 0 Å². The third-order valence-electron chi connectivity index (χ3n) is 3.26. The van der Waals surface area contributed by atoms with Gasteiger partial charge in [0.05, 0.1) is 12.2 Å². The van der Waals surface area contributed by atoms with E-state index >= 15 is 0 Å². The minimum Gasteiger partial charge on any atom is -0.476 e. The van der Waals surface area contributed by atoms with Gasteiger partial charge in [0, 0.05) is 12.1 Å². The monoisotopic (exact) mass is 302 g/mol. The lowest BCUT2D eigenvalue weighted by atomic mass is 10.1. The largest absolute Gasteiger partial charge is 0.476 e. The van der Waals surface area contributed by atoms with Crippen LogP contribution in [0.15, 0.2) is 57.8 Å². The van der Waals surface area contributed by atoms with Crippen molar-refractivity contribution >= 4 is 21.6 Å². The smallest absolute Gasteiger partial charge is 0.286 e. The van der Waals surface area contributed by atoms with E-state index in [1.807, 2.05) is 24.3 Å². The quantitative estimate of drug-likeness (QED) is 0.879. The van der Waals surface area contributed by atoms with E-state index in [4.69, 9.17) is 10.5 Å². The van der Waals surface area contributed by atoms with E-state index in [1.54, 1.807) is 18.2 Å². The molecule has 3 rings (SSSR count). The number of fused-ring (bicyclic) bond motifs is 1. The van der Waals surface area contributed by atoms with Gasteiger partial charge in [-0.15, -0.1) is 4.40 Å². The van der Waals surface area contributed by atoms with Crippen molar-refractivity contribution in [1.82, 2.24) is 0 Å². The van der Waals surface area contributed by atoms with Crippen LogP contribution in [-0.2, 0) is 21.2 Å². The first kappa shape index (κ1) is 13.6. The highest BCUT2D eigenvalue weighted by atomic mass is 32.2. The molecule has 6 heteroatoms. The molecule has 0 unspecified atom stereocenters. The van der Waals surface area contributed by atoms with E-state index in [0.29, 0.717) is 24.3 Å². The fraction of sp³-hybridized carbons (Fsp3) is 0.133. The van der Waals surface area contributed by atoms with Crippen molar-refractivity contribution < 1.29 is 13.2 Å². The molecule has 0 amide bonds. The van der Waals surface area contributed by atoms with Gasteiger partial charge in [-0.05, 0) is 23.8 Å². The van der Waals surface area contributed by atoms with Gasteiger partial charge in [-0.25, -0.2) is 0 Å². The number of para-hydroxylation sites is 1. The molecule has 2 N–H and O–H groups in total. The summed E-state index contributed by atoms with van der Waals surface area (Å²) >= 11 is 0. The molecule has 0 saturated heterocycles. The third kappa shape index (κ3) is 2.62. The Hall–Kier alpha value is -2.34. The average Bonchev–Trinajstić information content (AvgIpc) is 2.73. The van der Waals surface area contributed by atoms with Crippen LogP contribution in [0.25, 0.3) is 0 Å². The van der Waals surface area contributed by atoms with Gasteiger partial charge in [0.25, 0.3) is 10.0 Å². The van der Waals surface area contributed by atoms with Crippen LogP contribution < -0.4 is 5.73 Å². The van der Waals surface area contributed by atoms with Crippen LogP contribution in [0.1, 0.15) is 11.1 Å². The maximum Gasteiger partial charge on any atom is 0.286 e. The lowest BCUT2D eigenvalue weighted by Crippen LogP contribution is -2.08. The molecular formula is C15H14N2O3S. The van der Waals surface area contributed by atoms with Gasteiger partial charge < -0.3 is 10.5 Å². The summed E-state index contributed by atoms with van der Waals surface area (Å²) in [4.78, 5) is 0.194. The highest BCUT2D eigenvalue weighted by molar-refractivity contribution is 7.90. The molecule has 0 radical (unpaired) electrons. The number of rotatable bonds is 3. The van der Waals surface area contributed by atoms with Crippen LogP contribution in [0.2, 0.25) is 0 Å². The molecule has 1 heterocycles. The van der Waals surface area contributed by atoms with Gasteiger partial charge in [-0.1, -0.05) is 30.3 Å². The summed E-state index contributed by atoms with van der Waals surface area (Å²) in [6.45, 7) is 0.316. The van der Waals surface area contributed by atoms with Crippen molar-refractivity contribution in [1.29, 1.82) is 0 Å². The van der Waals surface area contributed by atoms with E-state index in [-0.39, 0.29) is 10.8 Å². The van der Waals surface area contributed by atoms with Crippen LogP contribution in [0.3, 0.4) is 0 Å². The Morgan fingerprint density at radius 2 is 1.76 bits per heavy atom. The number of benzene rings is 2. The molecule has 0 aliphatic carbocycles. The molecule has 5 nitrogen and oxygen atoms in total. The summed E-state index contributed by atoms with van der Waals surface area (Å²) in [5.41, 5.74) is 8.03. The summed E-state index contributed by atoms with van der Waals surface area (Å²) in [5, 5.41) is 0. The number of anilines is 1. The Morgan fingerprint density at radius 1 is 1.05 bits per heavy atom. The summed E-state index contributed by atoms with van der Waals surface area (Å²) in [5.74, 6) is 0.153. The maximum atomic E-state index is 11.9. The van der Waals surface area contributed by atoms with E-state index < -0.39 is 10.0 Å². The summed E-state index contributed by atoms with van der Waals surface area (Å²) in [6.07, 6.45) is 0.591. The molecule has 0 spiro atoms. The molecule has 0 atom stereocenters. The molecule has 0 saturated carbocycles. The number of sulfonamides is 1. The van der Waals surface area contributed by atoms with Crippen LogP contribution in [0.5, 0.6) is 0 Å². The fourth-order valence-electron chi connectivity index (χ4n) is 2.20. The highest BCUT2D eigenvalue weighted by Gasteiger charge is 2.29. The molecule has 1 aliphatic rings. The van der Waals surface area contributed by atoms with Gasteiger partial charge in [0.1, 0.15) is 4.90 Å². The van der Waals surface area contributed by atoms with Gasteiger partial charge in [0.2, 0.25) is 5.90 Å². The minimum absolute atomic E-state index is 0.153. The molecule has 0 aromatic heterocycles. The molecule has 2 aromatic carbocycles. The summed E-state index contributed by atoms with van der Waals surface area (Å²) < 4.78 is 32.9. The van der Waals surface area contributed by atoms with Crippen molar-refractivity contribution in [3.63, 3.8) is 0 Å². The maximum absolute atomic E-state index is 11.9. The van der Waals surface area contributed by atoms with Crippen LogP contribution in [-0.4, -0.2) is 20.9 Å². The second kappa shape index (κ2) is 5.21. The molecule has 108 valence electrons. The Balaban J connectivity index is 1.74. The van der Waals surface area contributed by atoms with Crippen molar-refractivity contribution in [2.24, 2.45) is 4.40 Å². The number of nitrogens with zero attached hydrogens (tertiary/aromatic N) is 1. The second-order valence-corrected chi connectivity index (χ2v) is 6.24. The number of nitrogen functional groups attached to an aromatic ring is 1. The van der Waals surface area contributed by atoms with Crippen molar-refractivity contribution in [3.8, 4) is 0 Å². The zero-order chi connectivity index (χ0) is 14.9. The standard InChI is InChI=1S/C15H14N2O3S/c16-13-7-3-1-5-11(13)9-10-20-15-12-6-2-4-8-14(12)21(18,19)17-15/h1-8H,9-10,16H2. The lowest BCUT2D eigenvalue weighted by Gasteiger charge is -2.07. The van der Waals surface area contributed by atoms with Crippen LogP contribution >= 0.6 is 0 Å². The van der Waals surface area contributed by atoms with Crippen LogP contribution in [0.4, 0.5) is 5.69 Å². The first-order chi connectivity index (χ1) is 10.1. The molecule has 0 fully saturated rings. The zero-order valence-corrected chi connectivity index (χ0v) is 12.0. The third-order valence-corrected chi connectivity index (χ3v) is 4.58. The summed E-state index contributed by atoms with van der Waals surface area (Å²) in [7, 11) is -3.62. The van der Waals surface area contributed by atoms with E-state index in [1.165, 1.54) is 6.07 Å². The van der Waals surface area contributed by atoms with Crippen molar-refractivity contribution in [2.45, 2.75) is 11.3 Å². The van der Waals surface area contributed by atoms with Crippen molar-refractivity contribution in [3.05, 3.63) is 59.7 Å². The fourth-order valence-corrected chi connectivity index (χ4v) is 3.35. The van der Waals surface area contributed by atoms with Gasteiger partial charge in [-0.3, -0.25) is 0 Å². The molecule has 21 heavy (non-hydrogen) atoms. The topological polar surface area (TPSA) is 81.8 Å². The number of hydrogen-bond acceptors (Lipinski definition) is 4. The van der Waals surface area contributed by atoms with Gasteiger partial charge in [0.15, 0.2) is 0 Å². The first-order valence-electron chi connectivity index (χ1n) is 6.48. The molecule has 0 bridgehead atoms. The molecule has 1 aliphatic heterocycles. The van der Waals surface area contributed by atoms with E-state index in [9.17, 15) is 8.42 Å². The molecular weight excluding hydrogens is 288 g/mol. The normalized spacial score (nSPS) is 15.3. The number of hydrogen-bond donors (Lipinski definition) is 1. The summed E-state index contributed by atoms with van der Waals surface area (Å²) in [6, 6.07) is 14.1. The number of ether oxygens (including phenoxy) is 1. The minimum atomic E-state index is -3.62. The first-order valence-corrected chi connectivity index (χ1v) is 7.92. The highest BCUT2D eigenvalue weighted by Crippen LogP contribution is 2.26. The van der Waals surface area contributed by atoms with E-state index in [0.717, 1.165) is 5.56 Å². The van der Waals surface area contributed by atoms with Crippen molar-refractivity contribution in [2.75, 3.05) is 12.3 Å². The SMILES string of the molecule is Nc1ccccc1CCOC1=NS(=O)(=O)c2ccccc21. The Labute approximate surface area is 123 Å². The van der Waals surface area contributed by atoms with Crippen LogP contribution in [0, 0.1) is 0 Å². The number of nitrogens with two attached hydrogens (primary N) is 1. The Morgan fingerprint density at radius 3 is 2.57 bits per heavy atom. The lowest BCUT2D eigenvalue weighted by molar-refractivity contribution is 0.311. The van der Waals surface area contributed by atoms with Gasteiger partial charge in [-0.2, -0.15) is 8.42 Å². The predicted molar refractivity (Wildman–Crippen MR) is 80.7 cm³/mol. The predicted octanol–water partition coefficient (Wildman–Crippen LogP) is 1.98. The van der Waals surface area contributed by atoms with E-state index in [2.05, 4.69) is 4.40 Å². The Bertz CT molecular complexity index is 813. The molecule has 2 aromatic rings. The second-order valence-electron chi connectivity index (χ2n) is 4.66. The Kier molecular flexibility index (Phi) is 3.39. The average molecular weight is 302 g/mol. The zero-order valence-electron chi connectivity index (χ0n) is 11.2.